The second-order valence-electron chi connectivity index (χ2n) is 7.23. The van der Waals surface area contributed by atoms with Crippen LogP contribution in [0.3, 0.4) is 0 Å². The van der Waals surface area contributed by atoms with Gasteiger partial charge in [0.2, 0.25) is 0 Å². The van der Waals surface area contributed by atoms with Crippen LogP contribution in [0.4, 0.5) is 4.39 Å². The highest BCUT2D eigenvalue weighted by Crippen LogP contribution is 2.30. The number of methoxy groups -OCH3 is 1. The fraction of sp³-hybridized carbons (Fsp3) is 0.174. The molecule has 10 heteroatoms. The second-order valence-corrected chi connectivity index (χ2v) is 9.05. The van der Waals surface area contributed by atoms with Crippen molar-refractivity contribution < 1.29 is 17.5 Å². The SMILES string of the molecule is COCCn1cc(-c2cccc(S(=O)(=O)n3cc(CN)cc3-c3ccccc3F)c2)cn1.Cl. The second kappa shape index (κ2) is 10.3. The first-order valence-corrected chi connectivity index (χ1v) is 11.4. The van der Waals surface area contributed by atoms with Gasteiger partial charge >= 0.3 is 0 Å². The Labute approximate surface area is 198 Å². The van der Waals surface area contributed by atoms with Crippen molar-refractivity contribution in [2.24, 2.45) is 5.73 Å². The number of hydrogen-bond acceptors (Lipinski definition) is 5. The maximum atomic E-state index is 14.5. The van der Waals surface area contributed by atoms with Crippen LogP contribution >= 0.6 is 12.4 Å². The molecule has 4 rings (SSSR count). The summed E-state index contributed by atoms with van der Waals surface area (Å²) >= 11 is 0. The van der Waals surface area contributed by atoms with Gasteiger partial charge in [0.15, 0.2) is 0 Å². The third-order valence-electron chi connectivity index (χ3n) is 5.11. The molecule has 0 aliphatic rings. The van der Waals surface area contributed by atoms with E-state index in [9.17, 15) is 12.8 Å². The fourth-order valence-corrected chi connectivity index (χ4v) is 4.88. The summed E-state index contributed by atoms with van der Waals surface area (Å²) in [4.78, 5) is 0.0800. The van der Waals surface area contributed by atoms with E-state index in [2.05, 4.69) is 5.10 Å². The summed E-state index contributed by atoms with van der Waals surface area (Å²) < 4.78 is 49.5. The monoisotopic (exact) mass is 490 g/mol. The van der Waals surface area contributed by atoms with Crippen molar-refractivity contribution in [3.8, 4) is 22.4 Å². The highest BCUT2D eigenvalue weighted by molar-refractivity contribution is 7.90. The first-order valence-electron chi connectivity index (χ1n) is 9.97. The average molecular weight is 491 g/mol. The molecule has 0 bridgehead atoms. The van der Waals surface area contributed by atoms with Crippen LogP contribution < -0.4 is 5.73 Å². The molecule has 0 atom stereocenters. The molecule has 7 nitrogen and oxygen atoms in total. The molecular formula is C23H24ClFN4O3S. The molecule has 0 fully saturated rings. The normalized spacial score (nSPS) is 11.4. The molecule has 2 heterocycles. The molecular weight excluding hydrogens is 467 g/mol. The minimum Gasteiger partial charge on any atom is -0.383 e. The van der Waals surface area contributed by atoms with Gasteiger partial charge in [-0.05, 0) is 41.5 Å². The van der Waals surface area contributed by atoms with Crippen molar-refractivity contribution in [1.82, 2.24) is 13.8 Å². The van der Waals surface area contributed by atoms with Gasteiger partial charge < -0.3 is 10.5 Å². The molecule has 0 radical (unpaired) electrons. The molecule has 0 unspecified atom stereocenters. The van der Waals surface area contributed by atoms with Crippen LogP contribution in [-0.4, -0.2) is 35.9 Å². The lowest BCUT2D eigenvalue weighted by Crippen LogP contribution is -2.13. The van der Waals surface area contributed by atoms with Gasteiger partial charge in [-0.2, -0.15) is 5.10 Å². The molecule has 0 saturated carbocycles. The summed E-state index contributed by atoms with van der Waals surface area (Å²) in [5, 5.41) is 4.28. The number of halogens is 2. The summed E-state index contributed by atoms with van der Waals surface area (Å²) in [6.45, 7) is 1.24. The van der Waals surface area contributed by atoms with Crippen molar-refractivity contribution in [2.75, 3.05) is 13.7 Å². The Morgan fingerprint density at radius 1 is 1.06 bits per heavy atom. The first kappa shape index (κ1) is 24.7. The minimum atomic E-state index is -4.01. The highest BCUT2D eigenvalue weighted by Gasteiger charge is 2.23. The number of rotatable bonds is 8. The lowest BCUT2D eigenvalue weighted by atomic mass is 10.1. The van der Waals surface area contributed by atoms with Crippen molar-refractivity contribution in [3.05, 3.63) is 84.6 Å². The zero-order chi connectivity index (χ0) is 22.7. The number of nitrogens with two attached hydrogens (primary N) is 1. The lowest BCUT2D eigenvalue weighted by molar-refractivity contribution is 0.183. The van der Waals surface area contributed by atoms with E-state index >= 15 is 0 Å². The standard InChI is InChI=1S/C23H23FN4O3S.ClH/c1-31-10-9-27-16-19(14-26-27)18-5-4-6-20(12-18)32(29,30)28-15-17(13-25)11-23(28)21-7-2-3-8-22(21)24;/h2-8,11-12,14-16H,9-10,13,25H2,1H3;1H. The summed E-state index contributed by atoms with van der Waals surface area (Å²) in [7, 11) is -2.40. The average Bonchev–Trinajstić information content (AvgIpc) is 3.46. The molecule has 2 aromatic carbocycles. The van der Waals surface area contributed by atoms with E-state index in [1.807, 2.05) is 12.3 Å². The molecule has 2 aromatic heterocycles. The number of aromatic nitrogens is 3. The largest absolute Gasteiger partial charge is 0.383 e. The predicted octanol–water partition coefficient (Wildman–Crippen LogP) is 3.92. The van der Waals surface area contributed by atoms with Crippen LogP contribution in [0.5, 0.6) is 0 Å². The van der Waals surface area contributed by atoms with Gasteiger partial charge in [-0.1, -0.05) is 24.3 Å². The van der Waals surface area contributed by atoms with Gasteiger partial charge in [0.05, 0.1) is 29.9 Å². The third-order valence-corrected chi connectivity index (χ3v) is 6.78. The van der Waals surface area contributed by atoms with Crippen molar-refractivity contribution in [3.63, 3.8) is 0 Å². The summed E-state index contributed by atoms with van der Waals surface area (Å²) in [6.07, 6.45) is 4.94. The fourth-order valence-electron chi connectivity index (χ4n) is 3.44. The van der Waals surface area contributed by atoms with E-state index in [1.165, 1.54) is 18.3 Å². The van der Waals surface area contributed by atoms with Crippen LogP contribution in [0.25, 0.3) is 22.4 Å². The third kappa shape index (κ3) is 5.01. The lowest BCUT2D eigenvalue weighted by Gasteiger charge is -2.12. The van der Waals surface area contributed by atoms with Crippen LogP contribution in [0.15, 0.2) is 78.1 Å². The zero-order valence-electron chi connectivity index (χ0n) is 17.9. The maximum Gasteiger partial charge on any atom is 0.268 e. The van der Waals surface area contributed by atoms with Gasteiger partial charge in [0.1, 0.15) is 5.82 Å². The van der Waals surface area contributed by atoms with E-state index in [1.54, 1.807) is 54.4 Å². The molecule has 2 N–H and O–H groups in total. The molecule has 0 saturated heterocycles. The van der Waals surface area contributed by atoms with E-state index < -0.39 is 15.8 Å². The Morgan fingerprint density at radius 2 is 1.85 bits per heavy atom. The number of ether oxygens (including phenoxy) is 1. The zero-order valence-corrected chi connectivity index (χ0v) is 19.5. The Hall–Kier alpha value is -2.98. The van der Waals surface area contributed by atoms with Crippen LogP contribution in [0, 0.1) is 5.82 Å². The van der Waals surface area contributed by atoms with Crippen LogP contribution in [-0.2, 0) is 27.8 Å². The van der Waals surface area contributed by atoms with Crippen molar-refractivity contribution >= 4 is 22.4 Å². The number of hydrogen-bond donors (Lipinski definition) is 1. The van der Waals surface area contributed by atoms with Crippen LogP contribution in [0.1, 0.15) is 5.56 Å². The highest BCUT2D eigenvalue weighted by atomic mass is 35.5. The van der Waals surface area contributed by atoms with E-state index in [0.717, 1.165) is 9.54 Å². The van der Waals surface area contributed by atoms with Crippen molar-refractivity contribution in [2.45, 2.75) is 18.0 Å². The minimum absolute atomic E-state index is 0. The predicted molar refractivity (Wildman–Crippen MR) is 127 cm³/mol. The van der Waals surface area contributed by atoms with Crippen LogP contribution in [0.2, 0.25) is 0 Å². The summed E-state index contributed by atoms with van der Waals surface area (Å²) in [6, 6.07) is 14.2. The molecule has 0 aliphatic heterocycles. The molecule has 33 heavy (non-hydrogen) atoms. The molecule has 4 aromatic rings. The molecule has 0 aliphatic carbocycles. The first-order chi connectivity index (χ1) is 15.4. The number of nitrogens with zero attached hydrogens (tertiary/aromatic N) is 3. The Bertz CT molecular complexity index is 1350. The maximum absolute atomic E-state index is 14.5. The van der Waals surface area contributed by atoms with Gasteiger partial charge in [0, 0.05) is 37.2 Å². The molecule has 0 spiro atoms. The van der Waals surface area contributed by atoms with Crippen molar-refractivity contribution in [1.29, 1.82) is 0 Å². The topological polar surface area (TPSA) is 92.1 Å². The Morgan fingerprint density at radius 3 is 2.58 bits per heavy atom. The van der Waals surface area contributed by atoms with E-state index in [-0.39, 0.29) is 35.1 Å². The smallest absolute Gasteiger partial charge is 0.268 e. The van der Waals surface area contributed by atoms with E-state index in [0.29, 0.717) is 24.3 Å². The van der Waals surface area contributed by atoms with Gasteiger partial charge in [-0.15, -0.1) is 12.4 Å². The Kier molecular flexibility index (Phi) is 7.70. The van der Waals surface area contributed by atoms with Gasteiger partial charge in [0.25, 0.3) is 10.0 Å². The molecule has 0 amide bonds. The quantitative estimate of drug-likeness (QED) is 0.404. The summed E-state index contributed by atoms with van der Waals surface area (Å²) in [5.41, 5.74) is 8.23. The van der Waals surface area contributed by atoms with Gasteiger partial charge in [-0.25, -0.2) is 16.8 Å². The van der Waals surface area contributed by atoms with Gasteiger partial charge in [-0.3, -0.25) is 4.68 Å². The Balaban J connectivity index is 0.00000306. The number of benzene rings is 2. The molecule has 174 valence electrons. The van der Waals surface area contributed by atoms with E-state index in [4.69, 9.17) is 10.5 Å². The summed E-state index contributed by atoms with van der Waals surface area (Å²) in [5.74, 6) is -0.511.